The van der Waals surface area contributed by atoms with Crippen molar-refractivity contribution < 1.29 is 27.5 Å². The van der Waals surface area contributed by atoms with E-state index in [1.54, 1.807) is 0 Å². The first-order chi connectivity index (χ1) is 7.73. The maximum absolute atomic E-state index is 13.5. The lowest BCUT2D eigenvalue weighted by molar-refractivity contribution is -0.141. The minimum absolute atomic E-state index is 0.241. The summed E-state index contributed by atoms with van der Waals surface area (Å²) < 4.78 is 50.6. The lowest BCUT2D eigenvalue weighted by Crippen LogP contribution is -2.15. The van der Waals surface area contributed by atoms with Crippen molar-refractivity contribution in [3.8, 4) is 0 Å². The number of aliphatic carboxylic acids is 1. The molecule has 0 fully saturated rings. The maximum Gasteiger partial charge on any atom is 0.419 e. The lowest BCUT2D eigenvalue weighted by Gasteiger charge is -2.12. The van der Waals surface area contributed by atoms with Gasteiger partial charge in [0, 0.05) is 0 Å². The first kappa shape index (κ1) is 13.5. The summed E-state index contributed by atoms with van der Waals surface area (Å²) in [7, 11) is 0. The van der Waals surface area contributed by atoms with Crippen LogP contribution in [-0.2, 0) is 17.4 Å². The number of alkyl halides is 3. The zero-order valence-corrected chi connectivity index (χ0v) is 8.88. The van der Waals surface area contributed by atoms with Crippen LogP contribution in [0.1, 0.15) is 18.1 Å². The molecule has 17 heavy (non-hydrogen) atoms. The minimum Gasteiger partial charge on any atom is -0.481 e. The monoisotopic (exact) mass is 250 g/mol. The summed E-state index contributed by atoms with van der Waals surface area (Å²) in [6.07, 6.45) is -5.04. The molecular formula is C11H10F4O2. The highest BCUT2D eigenvalue weighted by Crippen LogP contribution is 2.32. The smallest absolute Gasteiger partial charge is 0.419 e. The average Bonchev–Trinajstić information content (AvgIpc) is 2.19. The molecule has 1 atom stereocenters. The zero-order chi connectivity index (χ0) is 13.2. The van der Waals surface area contributed by atoms with Gasteiger partial charge in [-0.2, -0.15) is 13.2 Å². The SMILES string of the molecule is CC(Cc1cccc(C(F)(F)F)c1F)C(=O)O. The number of rotatable bonds is 3. The van der Waals surface area contributed by atoms with E-state index in [2.05, 4.69) is 0 Å². The van der Waals surface area contributed by atoms with E-state index in [0.29, 0.717) is 6.07 Å². The van der Waals surface area contributed by atoms with Crippen molar-refractivity contribution in [1.29, 1.82) is 0 Å². The largest absolute Gasteiger partial charge is 0.481 e. The van der Waals surface area contributed by atoms with Crippen LogP contribution >= 0.6 is 0 Å². The molecule has 1 rings (SSSR count). The summed E-state index contributed by atoms with van der Waals surface area (Å²) in [5.74, 6) is -3.51. The van der Waals surface area contributed by atoms with E-state index in [-0.39, 0.29) is 12.0 Å². The minimum atomic E-state index is -4.77. The van der Waals surface area contributed by atoms with Crippen LogP contribution < -0.4 is 0 Å². The van der Waals surface area contributed by atoms with E-state index in [4.69, 9.17) is 5.11 Å². The molecule has 1 N–H and O–H groups in total. The third kappa shape index (κ3) is 3.18. The molecule has 0 aliphatic heterocycles. The van der Waals surface area contributed by atoms with Gasteiger partial charge in [0.05, 0.1) is 11.5 Å². The van der Waals surface area contributed by atoms with Crippen LogP contribution in [-0.4, -0.2) is 11.1 Å². The van der Waals surface area contributed by atoms with Crippen molar-refractivity contribution in [2.45, 2.75) is 19.5 Å². The fourth-order valence-corrected chi connectivity index (χ4v) is 1.37. The predicted molar refractivity (Wildman–Crippen MR) is 51.9 cm³/mol. The van der Waals surface area contributed by atoms with Gasteiger partial charge >= 0.3 is 12.1 Å². The van der Waals surface area contributed by atoms with E-state index >= 15 is 0 Å². The van der Waals surface area contributed by atoms with Crippen molar-refractivity contribution in [2.24, 2.45) is 5.92 Å². The number of benzene rings is 1. The van der Waals surface area contributed by atoms with Gasteiger partial charge < -0.3 is 5.11 Å². The Hall–Kier alpha value is -1.59. The predicted octanol–water partition coefficient (Wildman–Crippen LogP) is 3.11. The molecule has 0 aliphatic carbocycles. The first-order valence-corrected chi connectivity index (χ1v) is 4.81. The maximum atomic E-state index is 13.5. The number of hydrogen-bond donors (Lipinski definition) is 1. The third-order valence-corrected chi connectivity index (χ3v) is 2.33. The van der Waals surface area contributed by atoms with Crippen LogP contribution in [0.2, 0.25) is 0 Å². The van der Waals surface area contributed by atoms with Gasteiger partial charge in [0.2, 0.25) is 0 Å². The van der Waals surface area contributed by atoms with Crippen LogP contribution in [0.5, 0.6) is 0 Å². The third-order valence-electron chi connectivity index (χ3n) is 2.33. The molecule has 0 heterocycles. The average molecular weight is 250 g/mol. The number of halogens is 4. The van der Waals surface area contributed by atoms with E-state index < -0.39 is 29.4 Å². The van der Waals surface area contributed by atoms with Crippen molar-refractivity contribution in [1.82, 2.24) is 0 Å². The van der Waals surface area contributed by atoms with Gasteiger partial charge in [0.25, 0.3) is 0 Å². The van der Waals surface area contributed by atoms with E-state index in [9.17, 15) is 22.4 Å². The van der Waals surface area contributed by atoms with Gasteiger partial charge in [-0.1, -0.05) is 19.1 Å². The highest BCUT2D eigenvalue weighted by molar-refractivity contribution is 5.69. The lowest BCUT2D eigenvalue weighted by atomic mass is 9.99. The highest BCUT2D eigenvalue weighted by Gasteiger charge is 2.35. The van der Waals surface area contributed by atoms with Gasteiger partial charge in [0.15, 0.2) is 0 Å². The standard InChI is InChI=1S/C11H10F4O2/c1-6(10(16)17)5-7-3-2-4-8(9(7)12)11(13,14)15/h2-4,6H,5H2,1H3,(H,16,17). The Bertz CT molecular complexity index is 426. The molecule has 0 spiro atoms. The fourth-order valence-electron chi connectivity index (χ4n) is 1.37. The van der Waals surface area contributed by atoms with Crippen molar-refractivity contribution in [2.75, 3.05) is 0 Å². The summed E-state index contributed by atoms with van der Waals surface area (Å²) >= 11 is 0. The normalized spacial score (nSPS) is 13.5. The molecule has 1 aromatic rings. The van der Waals surface area contributed by atoms with Crippen LogP contribution in [0.3, 0.4) is 0 Å². The molecule has 0 saturated heterocycles. The molecule has 2 nitrogen and oxygen atoms in total. The second-order valence-corrected chi connectivity index (χ2v) is 3.72. The Morgan fingerprint density at radius 2 is 2.00 bits per heavy atom. The number of carbonyl (C=O) groups is 1. The van der Waals surface area contributed by atoms with Crippen molar-refractivity contribution in [3.05, 3.63) is 35.1 Å². The summed E-state index contributed by atoms with van der Waals surface area (Å²) in [6, 6.07) is 2.85. The molecule has 0 amide bonds. The fraction of sp³-hybridized carbons (Fsp3) is 0.364. The van der Waals surface area contributed by atoms with Crippen LogP contribution in [0.25, 0.3) is 0 Å². The summed E-state index contributed by atoms with van der Waals surface area (Å²) in [5.41, 5.74) is -1.61. The van der Waals surface area contributed by atoms with Crippen LogP contribution in [0.15, 0.2) is 18.2 Å². The molecule has 0 radical (unpaired) electrons. The summed E-state index contributed by atoms with van der Waals surface area (Å²) in [4.78, 5) is 10.6. The second-order valence-electron chi connectivity index (χ2n) is 3.72. The summed E-state index contributed by atoms with van der Waals surface area (Å²) in [6.45, 7) is 1.31. The topological polar surface area (TPSA) is 37.3 Å². The Morgan fingerprint density at radius 1 is 1.41 bits per heavy atom. The quantitative estimate of drug-likeness (QED) is 0.837. The van der Waals surface area contributed by atoms with E-state index in [1.165, 1.54) is 6.92 Å². The molecule has 6 heteroatoms. The van der Waals surface area contributed by atoms with E-state index in [0.717, 1.165) is 12.1 Å². The van der Waals surface area contributed by atoms with Gasteiger partial charge in [-0.25, -0.2) is 4.39 Å². The Kier molecular flexibility index (Phi) is 3.75. The second kappa shape index (κ2) is 4.73. The van der Waals surface area contributed by atoms with Gasteiger partial charge in [-0.05, 0) is 18.1 Å². The molecule has 1 unspecified atom stereocenters. The molecule has 0 aliphatic rings. The van der Waals surface area contributed by atoms with Gasteiger partial charge in [-0.3, -0.25) is 4.79 Å². The van der Waals surface area contributed by atoms with Gasteiger partial charge in [0.1, 0.15) is 5.82 Å². The van der Waals surface area contributed by atoms with Gasteiger partial charge in [-0.15, -0.1) is 0 Å². The Labute approximate surface area is 94.9 Å². The van der Waals surface area contributed by atoms with Crippen LogP contribution in [0, 0.1) is 11.7 Å². The molecular weight excluding hydrogens is 240 g/mol. The molecule has 0 bridgehead atoms. The highest BCUT2D eigenvalue weighted by atomic mass is 19.4. The van der Waals surface area contributed by atoms with Crippen LogP contribution in [0.4, 0.5) is 17.6 Å². The number of carboxylic acids is 1. The number of carboxylic acid groups (broad SMARTS) is 1. The Balaban J connectivity index is 3.07. The molecule has 0 saturated carbocycles. The Morgan fingerprint density at radius 3 is 2.47 bits per heavy atom. The van der Waals surface area contributed by atoms with Crippen molar-refractivity contribution in [3.63, 3.8) is 0 Å². The molecule has 1 aromatic carbocycles. The van der Waals surface area contributed by atoms with Crippen molar-refractivity contribution >= 4 is 5.97 Å². The number of hydrogen-bond acceptors (Lipinski definition) is 1. The molecule has 94 valence electrons. The molecule has 0 aromatic heterocycles. The zero-order valence-electron chi connectivity index (χ0n) is 8.88. The van der Waals surface area contributed by atoms with E-state index in [1.807, 2.05) is 0 Å². The summed E-state index contributed by atoms with van der Waals surface area (Å²) in [5, 5.41) is 8.62. The first-order valence-electron chi connectivity index (χ1n) is 4.81.